The highest BCUT2D eigenvalue weighted by Crippen LogP contribution is 2.27. The molecule has 0 N–H and O–H groups in total. The third-order valence-corrected chi connectivity index (χ3v) is 3.49. The molecule has 1 unspecified atom stereocenters. The van der Waals surface area contributed by atoms with E-state index in [9.17, 15) is 14.9 Å². The van der Waals surface area contributed by atoms with Crippen molar-refractivity contribution in [2.24, 2.45) is 0 Å². The van der Waals surface area contributed by atoms with Crippen molar-refractivity contribution in [2.45, 2.75) is 4.83 Å². The molecule has 0 saturated carbocycles. The SMILES string of the molecule is O=C1OCCN1CC(Br)c1cccc([N+](=O)[O-])c1. The second kappa shape index (κ2) is 5.34. The van der Waals surface area contributed by atoms with E-state index in [1.54, 1.807) is 17.0 Å². The van der Waals surface area contributed by atoms with Gasteiger partial charge in [-0.05, 0) is 5.56 Å². The number of carbonyl (C=O) groups is 1. The van der Waals surface area contributed by atoms with Gasteiger partial charge in [-0.15, -0.1) is 0 Å². The van der Waals surface area contributed by atoms with Gasteiger partial charge in [0.15, 0.2) is 0 Å². The summed E-state index contributed by atoms with van der Waals surface area (Å²) in [5.41, 5.74) is 0.810. The van der Waals surface area contributed by atoms with Crippen LogP contribution in [0.4, 0.5) is 10.5 Å². The zero-order valence-electron chi connectivity index (χ0n) is 9.41. The maximum atomic E-state index is 11.3. The van der Waals surface area contributed by atoms with Crippen molar-refractivity contribution in [3.05, 3.63) is 39.9 Å². The number of hydrogen-bond acceptors (Lipinski definition) is 4. The number of nitro groups is 1. The lowest BCUT2D eigenvalue weighted by atomic mass is 10.1. The van der Waals surface area contributed by atoms with Crippen molar-refractivity contribution in [1.29, 1.82) is 0 Å². The van der Waals surface area contributed by atoms with Gasteiger partial charge >= 0.3 is 6.09 Å². The first-order valence-electron chi connectivity index (χ1n) is 5.38. The number of rotatable bonds is 4. The molecular weight excluding hydrogens is 304 g/mol. The number of ether oxygens (including phenoxy) is 1. The molecule has 18 heavy (non-hydrogen) atoms. The monoisotopic (exact) mass is 314 g/mol. The summed E-state index contributed by atoms with van der Waals surface area (Å²) in [4.78, 5) is 22.9. The Bertz CT molecular complexity index is 480. The molecule has 1 fully saturated rings. The number of halogens is 1. The molecule has 0 aromatic heterocycles. The topological polar surface area (TPSA) is 72.7 Å². The summed E-state index contributed by atoms with van der Waals surface area (Å²) in [6, 6.07) is 6.35. The van der Waals surface area contributed by atoms with Crippen molar-refractivity contribution in [2.75, 3.05) is 19.7 Å². The number of non-ortho nitro benzene ring substituents is 1. The van der Waals surface area contributed by atoms with E-state index in [1.165, 1.54) is 12.1 Å². The summed E-state index contributed by atoms with van der Waals surface area (Å²) in [5.74, 6) is 0. The van der Waals surface area contributed by atoms with Gasteiger partial charge in [-0.3, -0.25) is 10.1 Å². The largest absolute Gasteiger partial charge is 0.448 e. The summed E-state index contributed by atoms with van der Waals surface area (Å²) in [5, 5.41) is 10.7. The Kier molecular flexibility index (Phi) is 3.81. The van der Waals surface area contributed by atoms with Crippen LogP contribution in [0.15, 0.2) is 24.3 Å². The number of benzene rings is 1. The maximum Gasteiger partial charge on any atom is 0.409 e. The smallest absolute Gasteiger partial charge is 0.409 e. The van der Waals surface area contributed by atoms with Gasteiger partial charge in [-0.2, -0.15) is 0 Å². The van der Waals surface area contributed by atoms with E-state index < -0.39 is 4.92 Å². The van der Waals surface area contributed by atoms with Gasteiger partial charge in [0.05, 0.1) is 16.3 Å². The van der Waals surface area contributed by atoms with Gasteiger partial charge < -0.3 is 9.64 Å². The van der Waals surface area contributed by atoms with Crippen LogP contribution in [-0.2, 0) is 4.74 Å². The third-order valence-electron chi connectivity index (χ3n) is 2.67. The quantitative estimate of drug-likeness (QED) is 0.486. The van der Waals surface area contributed by atoms with E-state index in [-0.39, 0.29) is 16.6 Å². The maximum absolute atomic E-state index is 11.3. The van der Waals surface area contributed by atoms with Crippen LogP contribution in [0.5, 0.6) is 0 Å². The predicted molar refractivity (Wildman–Crippen MR) is 67.7 cm³/mol. The van der Waals surface area contributed by atoms with Gasteiger partial charge in [0.2, 0.25) is 0 Å². The van der Waals surface area contributed by atoms with E-state index in [0.717, 1.165) is 5.56 Å². The first kappa shape index (κ1) is 12.8. The van der Waals surface area contributed by atoms with Crippen molar-refractivity contribution in [3.63, 3.8) is 0 Å². The standard InChI is InChI=1S/C11H11BrN2O4/c12-10(7-13-4-5-18-11(13)15)8-2-1-3-9(6-8)14(16)17/h1-3,6,10H,4-5,7H2. The van der Waals surface area contributed by atoms with Crippen LogP contribution in [0.1, 0.15) is 10.4 Å². The summed E-state index contributed by atoms with van der Waals surface area (Å²) >= 11 is 3.43. The van der Waals surface area contributed by atoms with E-state index in [2.05, 4.69) is 15.9 Å². The molecule has 1 heterocycles. The van der Waals surface area contributed by atoms with Gasteiger partial charge in [-0.25, -0.2) is 4.79 Å². The molecule has 0 bridgehead atoms. The van der Waals surface area contributed by atoms with Gasteiger partial charge in [0.25, 0.3) is 5.69 Å². The minimum Gasteiger partial charge on any atom is -0.448 e. The summed E-state index contributed by atoms with van der Waals surface area (Å²) in [6.07, 6.45) is -0.343. The van der Waals surface area contributed by atoms with Crippen LogP contribution in [0.25, 0.3) is 0 Å². The molecule has 6 nitrogen and oxygen atoms in total. The summed E-state index contributed by atoms with van der Waals surface area (Å²) in [7, 11) is 0. The average Bonchev–Trinajstić information content (AvgIpc) is 2.75. The van der Waals surface area contributed by atoms with Gasteiger partial charge in [0.1, 0.15) is 6.61 Å². The van der Waals surface area contributed by atoms with Crippen LogP contribution in [0, 0.1) is 10.1 Å². The number of amides is 1. The molecule has 7 heteroatoms. The number of nitrogens with zero attached hydrogens (tertiary/aromatic N) is 2. The fraction of sp³-hybridized carbons (Fsp3) is 0.364. The summed E-state index contributed by atoms with van der Waals surface area (Å²) in [6.45, 7) is 1.38. The Balaban J connectivity index is 2.08. The third kappa shape index (κ3) is 2.79. The van der Waals surface area contributed by atoms with Crippen LogP contribution >= 0.6 is 15.9 Å². The van der Waals surface area contributed by atoms with Crippen LogP contribution in [-0.4, -0.2) is 35.6 Å². The van der Waals surface area contributed by atoms with Crippen LogP contribution in [0.2, 0.25) is 0 Å². The molecule has 0 radical (unpaired) electrons. The minimum atomic E-state index is -0.437. The van der Waals surface area contributed by atoms with Crippen molar-refractivity contribution in [1.82, 2.24) is 4.90 Å². The predicted octanol–water partition coefficient (Wildman–Crippen LogP) is 2.48. The first-order valence-corrected chi connectivity index (χ1v) is 6.29. The highest BCUT2D eigenvalue weighted by atomic mass is 79.9. The van der Waals surface area contributed by atoms with Crippen LogP contribution in [0.3, 0.4) is 0 Å². The fourth-order valence-corrected chi connectivity index (χ4v) is 2.36. The molecular formula is C11H11BrN2O4. The molecule has 1 aliphatic rings. The minimum absolute atomic E-state index is 0.0425. The Morgan fingerprint density at radius 2 is 2.33 bits per heavy atom. The first-order chi connectivity index (χ1) is 8.58. The molecule has 1 atom stereocenters. The number of hydrogen-bond donors (Lipinski definition) is 0. The Morgan fingerprint density at radius 1 is 1.56 bits per heavy atom. The van der Waals surface area contributed by atoms with E-state index >= 15 is 0 Å². The number of carbonyl (C=O) groups excluding carboxylic acids is 1. The zero-order chi connectivity index (χ0) is 13.1. The van der Waals surface area contributed by atoms with Crippen molar-refractivity contribution in [3.8, 4) is 0 Å². The lowest BCUT2D eigenvalue weighted by Crippen LogP contribution is -2.27. The molecule has 1 saturated heterocycles. The Hall–Kier alpha value is -1.63. The second-order valence-electron chi connectivity index (χ2n) is 3.88. The molecule has 96 valence electrons. The normalized spacial score (nSPS) is 16.5. The van der Waals surface area contributed by atoms with Gasteiger partial charge in [0, 0.05) is 18.7 Å². The summed E-state index contributed by atoms with van der Waals surface area (Å²) < 4.78 is 4.82. The van der Waals surface area contributed by atoms with E-state index in [0.29, 0.717) is 19.7 Å². The number of cyclic esters (lactones) is 1. The van der Waals surface area contributed by atoms with E-state index in [1.807, 2.05) is 0 Å². The molecule has 1 aromatic rings. The molecule has 0 aliphatic carbocycles. The molecule has 1 aliphatic heterocycles. The number of alkyl halides is 1. The molecule has 0 spiro atoms. The highest BCUT2D eigenvalue weighted by Gasteiger charge is 2.25. The Morgan fingerprint density at radius 3 is 2.94 bits per heavy atom. The van der Waals surface area contributed by atoms with Crippen LogP contribution < -0.4 is 0 Å². The van der Waals surface area contributed by atoms with Crippen molar-refractivity contribution < 1.29 is 14.5 Å². The van der Waals surface area contributed by atoms with E-state index in [4.69, 9.17) is 4.74 Å². The average molecular weight is 315 g/mol. The lowest BCUT2D eigenvalue weighted by molar-refractivity contribution is -0.384. The number of nitro benzene ring substituents is 1. The highest BCUT2D eigenvalue weighted by molar-refractivity contribution is 9.09. The fourth-order valence-electron chi connectivity index (χ4n) is 1.72. The molecule has 2 rings (SSSR count). The lowest BCUT2D eigenvalue weighted by Gasteiger charge is -2.17. The van der Waals surface area contributed by atoms with Gasteiger partial charge in [-0.1, -0.05) is 28.1 Å². The second-order valence-corrected chi connectivity index (χ2v) is 4.99. The Labute approximate surface area is 112 Å². The molecule has 1 amide bonds. The zero-order valence-corrected chi connectivity index (χ0v) is 11.0. The molecule has 1 aromatic carbocycles. The van der Waals surface area contributed by atoms with Crippen molar-refractivity contribution >= 4 is 27.7 Å².